The third-order valence-corrected chi connectivity index (χ3v) is 8.24. The Balaban J connectivity index is 2.82. The van der Waals surface area contributed by atoms with Crippen LogP contribution in [0.5, 0.6) is 0 Å². The third kappa shape index (κ3) is 6.24. The molecule has 1 aliphatic heterocycles. The molecule has 0 aromatic heterocycles. The summed E-state index contributed by atoms with van der Waals surface area (Å²) in [5.74, 6) is 0. The Morgan fingerprint density at radius 1 is 0.571 bits per heavy atom. The van der Waals surface area contributed by atoms with Crippen molar-refractivity contribution in [3.63, 3.8) is 0 Å². The van der Waals surface area contributed by atoms with Gasteiger partial charge in [-0.2, -0.15) is 0 Å². The van der Waals surface area contributed by atoms with Gasteiger partial charge in [0, 0.05) is 0 Å². The first-order valence-electron chi connectivity index (χ1n) is 8.27. The van der Waals surface area contributed by atoms with Gasteiger partial charge in [-0.15, -0.1) is 67.1 Å². The number of unbranched alkanes of at least 4 members (excludes halogenated alkanes) is 3. The highest BCUT2D eigenvalue weighted by Gasteiger charge is 2.49. The lowest BCUT2D eigenvalue weighted by Gasteiger charge is -2.49. The maximum atomic E-state index is 2.69. The van der Waals surface area contributed by atoms with Crippen molar-refractivity contribution in [2.75, 3.05) is 19.6 Å². The van der Waals surface area contributed by atoms with Crippen LogP contribution in [0.25, 0.3) is 0 Å². The molecule has 0 spiro atoms. The van der Waals surface area contributed by atoms with E-state index in [1.165, 1.54) is 58.2 Å². The van der Waals surface area contributed by atoms with E-state index in [2.05, 4.69) is 102 Å². The number of halogens is 3. The van der Waals surface area contributed by atoms with Crippen molar-refractivity contribution < 1.29 is 0 Å². The van der Waals surface area contributed by atoms with Crippen molar-refractivity contribution in [3.05, 3.63) is 0 Å². The van der Waals surface area contributed by atoms with E-state index >= 15 is 0 Å². The van der Waals surface area contributed by atoms with E-state index in [0.29, 0.717) is 14.5 Å². The average Bonchev–Trinajstić information content (AvgIpc) is 2.47. The standard InChI is InChI=1S/C12H27B3I3N3/c1-4-7-10-19-13(16)20(11-8-5-2)15(18)21(14(19)17)12-9-6-3/h4-12H2,1-3H3. The first-order chi connectivity index (χ1) is 10.1. The summed E-state index contributed by atoms with van der Waals surface area (Å²) in [5.41, 5.74) is 0. The number of rotatable bonds is 9. The number of nitrogens with zero attached hydrogens (tertiary/aromatic N) is 3. The molecule has 1 saturated heterocycles. The average molecular weight is 627 g/mol. The molecule has 1 fully saturated rings. The van der Waals surface area contributed by atoms with Gasteiger partial charge in [0.15, 0.2) is 0 Å². The summed E-state index contributed by atoms with van der Waals surface area (Å²) in [6.45, 7) is 10.5. The predicted octanol–water partition coefficient (Wildman–Crippen LogP) is 4.57. The van der Waals surface area contributed by atoms with Crippen LogP contribution in [0.15, 0.2) is 0 Å². The van der Waals surface area contributed by atoms with Gasteiger partial charge in [-0.05, 0) is 38.9 Å². The van der Waals surface area contributed by atoms with Crippen molar-refractivity contribution in [2.24, 2.45) is 0 Å². The molecule has 0 aromatic rings. The minimum absolute atomic E-state index is 0.530. The Labute approximate surface area is 173 Å². The maximum Gasteiger partial charge on any atom is 0.365 e. The van der Waals surface area contributed by atoms with Gasteiger partial charge < -0.3 is 14.2 Å². The van der Waals surface area contributed by atoms with E-state index in [4.69, 9.17) is 0 Å². The highest BCUT2D eigenvalue weighted by molar-refractivity contribution is 14.1. The first-order valence-corrected chi connectivity index (χ1v) is 12.0. The fourth-order valence-corrected chi connectivity index (χ4v) is 7.88. The SMILES string of the molecule is CCCCN1B(I)N(CCCC)B(I)N(CCCC)B1I. The van der Waals surface area contributed by atoms with Gasteiger partial charge in [0.2, 0.25) is 0 Å². The smallest absolute Gasteiger partial charge is 0.338 e. The highest BCUT2D eigenvalue weighted by Crippen LogP contribution is 2.29. The van der Waals surface area contributed by atoms with Crippen molar-refractivity contribution >= 4 is 81.6 Å². The fraction of sp³-hybridized carbons (Fsp3) is 1.00. The molecule has 0 saturated carbocycles. The van der Waals surface area contributed by atoms with E-state index in [9.17, 15) is 0 Å². The molecule has 0 aliphatic carbocycles. The molecule has 1 aliphatic rings. The predicted molar refractivity (Wildman–Crippen MR) is 124 cm³/mol. The zero-order valence-corrected chi connectivity index (χ0v) is 20.0. The second-order valence-electron chi connectivity index (χ2n) is 5.71. The lowest BCUT2D eigenvalue weighted by molar-refractivity contribution is 0.450. The van der Waals surface area contributed by atoms with Crippen LogP contribution in [-0.4, -0.2) is 48.3 Å². The molecule has 1 rings (SSSR count). The van der Waals surface area contributed by atoms with Crippen LogP contribution in [0.4, 0.5) is 0 Å². The quantitative estimate of drug-likeness (QED) is 0.275. The van der Waals surface area contributed by atoms with Crippen molar-refractivity contribution in [2.45, 2.75) is 59.3 Å². The van der Waals surface area contributed by atoms with Gasteiger partial charge >= 0.3 is 14.5 Å². The number of hydrogen-bond acceptors (Lipinski definition) is 3. The lowest BCUT2D eigenvalue weighted by atomic mass is 9.72. The molecule has 0 atom stereocenters. The van der Waals surface area contributed by atoms with E-state index in [1.807, 2.05) is 0 Å². The lowest BCUT2D eigenvalue weighted by Crippen LogP contribution is -2.72. The summed E-state index contributed by atoms with van der Waals surface area (Å²) in [4.78, 5) is 1.59. The summed E-state index contributed by atoms with van der Waals surface area (Å²) in [5, 5.41) is 0. The molecule has 0 aromatic carbocycles. The third-order valence-electron chi connectivity index (χ3n) is 3.95. The van der Waals surface area contributed by atoms with Crippen LogP contribution in [0, 0.1) is 0 Å². The van der Waals surface area contributed by atoms with Crippen LogP contribution in [0.1, 0.15) is 59.3 Å². The minimum Gasteiger partial charge on any atom is -0.338 e. The Bertz CT molecular complexity index is 237. The Kier molecular flexibility index (Phi) is 11.9. The maximum absolute atomic E-state index is 2.69. The second-order valence-corrected chi connectivity index (χ2v) is 9.05. The highest BCUT2D eigenvalue weighted by atomic mass is 127. The van der Waals surface area contributed by atoms with Crippen LogP contribution in [-0.2, 0) is 0 Å². The summed E-state index contributed by atoms with van der Waals surface area (Å²) in [6.07, 6.45) is 7.73. The Hall–Kier alpha value is 2.26. The van der Waals surface area contributed by atoms with Gasteiger partial charge in [-0.3, -0.25) is 0 Å². The molecule has 0 bridgehead atoms. The van der Waals surface area contributed by atoms with E-state index in [0.717, 1.165) is 0 Å². The molecule has 21 heavy (non-hydrogen) atoms. The van der Waals surface area contributed by atoms with Crippen LogP contribution in [0.2, 0.25) is 0 Å². The molecular weight excluding hydrogens is 599 g/mol. The second kappa shape index (κ2) is 11.8. The van der Waals surface area contributed by atoms with Crippen molar-refractivity contribution in [3.8, 4) is 0 Å². The Morgan fingerprint density at radius 2 is 0.810 bits per heavy atom. The number of hydrogen-bond donors (Lipinski definition) is 0. The molecule has 0 radical (unpaired) electrons. The van der Waals surface area contributed by atoms with E-state index < -0.39 is 0 Å². The summed E-state index contributed by atoms with van der Waals surface area (Å²) in [7, 11) is 0. The first kappa shape index (κ1) is 21.3. The molecule has 1 heterocycles. The van der Waals surface area contributed by atoms with E-state index in [-0.39, 0.29) is 0 Å². The minimum atomic E-state index is 0.530. The topological polar surface area (TPSA) is 9.72 Å². The van der Waals surface area contributed by atoms with Gasteiger partial charge in [-0.1, -0.05) is 40.0 Å². The van der Waals surface area contributed by atoms with Crippen LogP contribution >= 0.6 is 67.1 Å². The van der Waals surface area contributed by atoms with Gasteiger partial charge in [0.05, 0.1) is 0 Å². The molecule has 120 valence electrons. The summed E-state index contributed by atoms with van der Waals surface area (Å²) in [6, 6.07) is 0. The molecular formula is C12H27B3I3N3. The fourth-order valence-electron chi connectivity index (χ4n) is 2.54. The van der Waals surface area contributed by atoms with Gasteiger partial charge in [0.25, 0.3) is 0 Å². The molecule has 0 amide bonds. The van der Waals surface area contributed by atoms with Gasteiger partial charge in [-0.25, -0.2) is 0 Å². The van der Waals surface area contributed by atoms with Crippen molar-refractivity contribution in [1.29, 1.82) is 0 Å². The molecule has 9 heteroatoms. The summed E-state index contributed by atoms with van der Waals surface area (Å²) < 4.78 is 8.06. The van der Waals surface area contributed by atoms with Crippen LogP contribution < -0.4 is 0 Å². The zero-order valence-electron chi connectivity index (χ0n) is 13.6. The monoisotopic (exact) mass is 627 g/mol. The van der Waals surface area contributed by atoms with E-state index in [1.54, 1.807) is 0 Å². The largest absolute Gasteiger partial charge is 0.365 e. The van der Waals surface area contributed by atoms with Gasteiger partial charge in [0.1, 0.15) is 0 Å². The summed E-state index contributed by atoms with van der Waals surface area (Å²) >= 11 is 7.96. The Morgan fingerprint density at radius 3 is 1.00 bits per heavy atom. The zero-order chi connectivity index (χ0) is 15.8. The molecule has 0 unspecified atom stereocenters. The molecule has 0 N–H and O–H groups in total. The van der Waals surface area contributed by atoms with Crippen LogP contribution in [0.3, 0.4) is 0 Å². The molecule has 3 nitrogen and oxygen atoms in total. The normalized spacial score (nSPS) is 18.9. The van der Waals surface area contributed by atoms with Crippen molar-refractivity contribution in [1.82, 2.24) is 14.2 Å².